The Bertz CT molecular complexity index is 639. The summed E-state index contributed by atoms with van der Waals surface area (Å²) in [5, 5.41) is 9.24. The van der Waals surface area contributed by atoms with Gasteiger partial charge in [0, 0.05) is 29.3 Å². The van der Waals surface area contributed by atoms with Gasteiger partial charge in [-0.25, -0.2) is 4.98 Å². The third-order valence-corrected chi connectivity index (χ3v) is 5.19. The monoisotopic (exact) mass is 316 g/mol. The van der Waals surface area contributed by atoms with E-state index in [1.165, 1.54) is 0 Å². The largest absolute Gasteiger partial charge is 0.347 e. The van der Waals surface area contributed by atoms with Crippen molar-refractivity contribution < 1.29 is 4.79 Å². The van der Waals surface area contributed by atoms with Crippen molar-refractivity contribution in [2.75, 3.05) is 13.1 Å². The summed E-state index contributed by atoms with van der Waals surface area (Å²) in [6.45, 7) is 5.86. The van der Waals surface area contributed by atoms with Crippen molar-refractivity contribution in [3.8, 4) is 11.3 Å². The van der Waals surface area contributed by atoms with Crippen molar-refractivity contribution in [3.63, 3.8) is 0 Å². The number of hydrogen-bond donors (Lipinski definition) is 2. The number of amides is 1. The molecule has 1 aliphatic heterocycles. The average Bonchev–Trinajstić information content (AvgIpc) is 2.96. The van der Waals surface area contributed by atoms with Crippen LogP contribution in [0.2, 0.25) is 0 Å². The molecule has 0 spiro atoms. The van der Waals surface area contributed by atoms with Crippen LogP contribution in [0.4, 0.5) is 0 Å². The molecule has 0 aliphatic carbocycles. The Kier molecular flexibility index (Phi) is 4.49. The number of pyridine rings is 1. The molecule has 1 amide bonds. The first-order valence-electron chi connectivity index (χ1n) is 7.52. The lowest BCUT2D eigenvalue weighted by molar-refractivity contribution is -0.127. The zero-order valence-corrected chi connectivity index (χ0v) is 13.6. The lowest BCUT2D eigenvalue weighted by atomic mass is 9.88. The van der Waals surface area contributed by atoms with Gasteiger partial charge in [-0.15, -0.1) is 11.3 Å². The van der Waals surface area contributed by atoms with E-state index in [1.807, 2.05) is 31.4 Å². The zero-order valence-electron chi connectivity index (χ0n) is 12.7. The highest BCUT2D eigenvalue weighted by atomic mass is 32.1. The molecule has 2 aromatic heterocycles. The fourth-order valence-corrected chi connectivity index (χ4v) is 3.26. The van der Waals surface area contributed by atoms with E-state index in [2.05, 4.69) is 20.6 Å². The first kappa shape index (κ1) is 15.1. The quantitative estimate of drug-likeness (QED) is 0.888. The number of nitrogens with one attached hydrogen (secondary N) is 2. The Morgan fingerprint density at radius 1 is 1.36 bits per heavy atom. The Hall–Kier alpha value is -1.79. The van der Waals surface area contributed by atoms with E-state index in [0.717, 1.165) is 29.4 Å². The van der Waals surface area contributed by atoms with Gasteiger partial charge in [0.05, 0.1) is 11.7 Å². The van der Waals surface area contributed by atoms with Gasteiger partial charge in [0.15, 0.2) is 0 Å². The molecular formula is C16H20N4OS. The maximum Gasteiger partial charge on any atom is 0.223 e. The highest BCUT2D eigenvalue weighted by molar-refractivity contribution is 7.10. The Morgan fingerprint density at radius 3 is 2.73 bits per heavy atom. The fourth-order valence-electron chi connectivity index (χ4n) is 2.43. The summed E-state index contributed by atoms with van der Waals surface area (Å²) in [5.74, 6) is 0.610. The first-order chi connectivity index (χ1) is 10.6. The number of thiazole rings is 1. The van der Waals surface area contributed by atoms with Gasteiger partial charge in [-0.3, -0.25) is 9.78 Å². The van der Waals surface area contributed by atoms with Crippen LogP contribution in [-0.4, -0.2) is 29.0 Å². The number of carbonyl (C=O) groups excluding carboxylic acids is 1. The van der Waals surface area contributed by atoms with Crippen molar-refractivity contribution in [1.29, 1.82) is 0 Å². The van der Waals surface area contributed by atoms with Crippen LogP contribution in [0.3, 0.4) is 0 Å². The molecule has 1 aliphatic rings. The molecule has 3 heterocycles. The standard InChI is InChI=1S/C16H20N4OS/c1-10(13-7-18-8-13)15(21)19-11(2)16-20-14(9-22-16)12-3-5-17-6-4-12/h3-6,9-11,13,18H,7-8H2,1-2H3,(H,19,21). The second-order valence-electron chi connectivity index (χ2n) is 5.74. The third kappa shape index (κ3) is 3.18. The van der Waals surface area contributed by atoms with Gasteiger partial charge >= 0.3 is 0 Å². The molecule has 2 unspecified atom stereocenters. The lowest BCUT2D eigenvalue weighted by Crippen LogP contribution is -2.49. The molecule has 0 bridgehead atoms. The van der Waals surface area contributed by atoms with Gasteiger partial charge in [0.1, 0.15) is 5.01 Å². The van der Waals surface area contributed by atoms with Gasteiger partial charge in [-0.05, 0) is 38.1 Å². The topological polar surface area (TPSA) is 66.9 Å². The van der Waals surface area contributed by atoms with E-state index in [-0.39, 0.29) is 17.9 Å². The molecule has 0 radical (unpaired) electrons. The molecule has 2 N–H and O–H groups in total. The average molecular weight is 316 g/mol. The molecule has 1 fully saturated rings. The summed E-state index contributed by atoms with van der Waals surface area (Å²) in [5.41, 5.74) is 1.98. The van der Waals surface area contributed by atoms with Crippen molar-refractivity contribution >= 4 is 17.2 Å². The Morgan fingerprint density at radius 2 is 2.09 bits per heavy atom. The van der Waals surface area contributed by atoms with Crippen LogP contribution in [0.15, 0.2) is 29.9 Å². The SMILES string of the molecule is CC(NC(=O)C(C)C1CNC1)c1nc(-c2ccncc2)cs1. The molecule has 0 saturated carbocycles. The van der Waals surface area contributed by atoms with Gasteiger partial charge in [0.2, 0.25) is 5.91 Å². The first-order valence-corrected chi connectivity index (χ1v) is 8.40. The minimum Gasteiger partial charge on any atom is -0.347 e. The molecule has 0 aromatic carbocycles. The van der Waals surface area contributed by atoms with E-state index in [9.17, 15) is 4.79 Å². The second-order valence-corrected chi connectivity index (χ2v) is 6.63. The summed E-state index contributed by atoms with van der Waals surface area (Å²) < 4.78 is 0. The van der Waals surface area contributed by atoms with E-state index in [0.29, 0.717) is 5.92 Å². The van der Waals surface area contributed by atoms with Crippen molar-refractivity contribution in [2.45, 2.75) is 19.9 Å². The number of rotatable bonds is 5. The van der Waals surface area contributed by atoms with Gasteiger partial charge in [0.25, 0.3) is 0 Å². The summed E-state index contributed by atoms with van der Waals surface area (Å²) in [6.07, 6.45) is 3.52. The molecule has 2 aromatic rings. The number of nitrogens with zero attached hydrogens (tertiary/aromatic N) is 2. The maximum atomic E-state index is 12.3. The highest BCUT2D eigenvalue weighted by Gasteiger charge is 2.29. The molecule has 2 atom stereocenters. The molecule has 5 nitrogen and oxygen atoms in total. The van der Waals surface area contributed by atoms with Crippen molar-refractivity contribution in [2.24, 2.45) is 11.8 Å². The lowest BCUT2D eigenvalue weighted by Gasteiger charge is -2.32. The summed E-state index contributed by atoms with van der Waals surface area (Å²) in [6, 6.07) is 3.81. The smallest absolute Gasteiger partial charge is 0.223 e. The van der Waals surface area contributed by atoms with Crippen LogP contribution < -0.4 is 10.6 Å². The van der Waals surface area contributed by atoms with Gasteiger partial charge in [-0.1, -0.05) is 6.92 Å². The zero-order chi connectivity index (χ0) is 15.5. The maximum absolute atomic E-state index is 12.3. The van der Waals surface area contributed by atoms with E-state index < -0.39 is 0 Å². The molecule has 3 rings (SSSR count). The normalized spacial score (nSPS) is 17.5. The van der Waals surface area contributed by atoms with Crippen LogP contribution in [0.5, 0.6) is 0 Å². The minimum absolute atomic E-state index is 0.0448. The van der Waals surface area contributed by atoms with Crippen LogP contribution in [0.1, 0.15) is 24.9 Å². The molecular weight excluding hydrogens is 296 g/mol. The van der Waals surface area contributed by atoms with Gasteiger partial charge < -0.3 is 10.6 Å². The predicted octanol–water partition coefficient (Wildman–Crippen LogP) is 2.24. The molecule has 6 heteroatoms. The summed E-state index contributed by atoms with van der Waals surface area (Å²) in [7, 11) is 0. The highest BCUT2D eigenvalue weighted by Crippen LogP contribution is 2.25. The molecule has 116 valence electrons. The second kappa shape index (κ2) is 6.54. The number of carbonyl (C=O) groups is 1. The Balaban J connectivity index is 1.64. The molecule has 1 saturated heterocycles. The number of hydrogen-bond acceptors (Lipinski definition) is 5. The fraction of sp³-hybridized carbons (Fsp3) is 0.438. The third-order valence-electron chi connectivity index (χ3n) is 4.16. The Labute approximate surface area is 134 Å². The van der Waals surface area contributed by atoms with E-state index in [4.69, 9.17) is 0 Å². The molecule has 22 heavy (non-hydrogen) atoms. The van der Waals surface area contributed by atoms with Crippen LogP contribution >= 0.6 is 11.3 Å². The van der Waals surface area contributed by atoms with Crippen LogP contribution in [-0.2, 0) is 4.79 Å². The minimum atomic E-state index is -0.0661. The number of aromatic nitrogens is 2. The summed E-state index contributed by atoms with van der Waals surface area (Å²) in [4.78, 5) is 20.9. The van der Waals surface area contributed by atoms with E-state index in [1.54, 1.807) is 23.7 Å². The van der Waals surface area contributed by atoms with Crippen molar-refractivity contribution in [1.82, 2.24) is 20.6 Å². The van der Waals surface area contributed by atoms with E-state index >= 15 is 0 Å². The van der Waals surface area contributed by atoms with Crippen molar-refractivity contribution in [3.05, 3.63) is 34.9 Å². The van der Waals surface area contributed by atoms with Crippen LogP contribution in [0, 0.1) is 11.8 Å². The van der Waals surface area contributed by atoms with Crippen LogP contribution in [0.25, 0.3) is 11.3 Å². The predicted molar refractivity (Wildman–Crippen MR) is 87.4 cm³/mol. The van der Waals surface area contributed by atoms with Gasteiger partial charge in [-0.2, -0.15) is 0 Å². The summed E-state index contributed by atoms with van der Waals surface area (Å²) >= 11 is 1.58.